The molecule has 0 fully saturated rings. The molecular formula is C16H19Cl45O. The average Bonchev–Trinajstić information content (AvgIpc) is 2.84. The highest BCUT2D eigenvalue weighted by molar-refractivity contribution is 6.68. The zero-order chi connectivity index (χ0) is 55.7. The molecule has 46 heteroatoms. The van der Waals surface area contributed by atoms with Gasteiger partial charge in [-0.2, -0.15) is 0 Å². The Hall–Kier alpha value is 13.0. The molecule has 0 heterocycles. The standard InChI is InChI=1S/15CHCl3.CH4O/c15*2-1(3)4;1-2/h15*1H;2H,1H3. The first kappa shape index (κ1) is 118. The fourth-order valence-electron chi connectivity index (χ4n) is 0. The van der Waals surface area contributed by atoms with Crippen LogP contribution in [0.25, 0.3) is 0 Å². The van der Waals surface area contributed by atoms with E-state index in [4.69, 9.17) is 527 Å². The Morgan fingerprint density at radius 3 is 0.113 bits per heavy atom. The lowest BCUT2D eigenvalue weighted by molar-refractivity contribution is 0.399. The molecule has 0 unspecified atom stereocenters. The number of aliphatic hydroxyl groups is 1. The molecule has 0 aromatic rings. The highest BCUT2D eigenvalue weighted by atomic mass is 35.6. The van der Waals surface area contributed by atoms with E-state index in [0.717, 1.165) is 7.11 Å². The summed E-state index contributed by atoms with van der Waals surface area (Å²) in [6.45, 7) is 0. The number of hydrogen-bond donors (Lipinski definition) is 1. The minimum atomic E-state index is -0.750. The SMILES string of the molecule is CO.ClC(Cl)Cl.ClC(Cl)Cl.ClC(Cl)Cl.ClC(Cl)Cl.ClC(Cl)Cl.ClC(Cl)Cl.ClC(Cl)Cl.ClC(Cl)Cl.ClC(Cl)Cl.ClC(Cl)Cl.ClC(Cl)Cl.ClC(Cl)Cl.ClC(Cl)Cl.ClC(Cl)Cl.ClC(Cl)Cl. The first-order valence-corrected chi connectivity index (χ1v) is 29.9. The number of aliphatic hydroxyl groups excluding tert-OH is 1. The van der Waals surface area contributed by atoms with Gasteiger partial charge in [-0.05, 0) is 0 Å². The highest BCUT2D eigenvalue weighted by Gasteiger charge is 1.84. The van der Waals surface area contributed by atoms with E-state index < -0.39 is 64.4 Å². The minimum absolute atomic E-state index is 0.750. The van der Waals surface area contributed by atoms with Gasteiger partial charge < -0.3 is 5.11 Å². The zero-order valence-electron chi connectivity index (χ0n) is 27.1. The maximum absolute atomic E-state index is 7.00. The number of halogens is 45. The normalized spacial score (nSPS) is 8.81. The van der Waals surface area contributed by atoms with Crippen LogP contribution in [-0.2, 0) is 0 Å². The fraction of sp³-hybridized carbons (Fsp3) is 1.00. The first-order chi connectivity index (χ1) is 27.0. The second-order valence-electron chi connectivity index (χ2n) is 3.71. The van der Waals surface area contributed by atoms with Crippen molar-refractivity contribution in [2.75, 3.05) is 7.11 Å². The number of hydrogen-bond acceptors (Lipinski definition) is 1. The van der Waals surface area contributed by atoms with Crippen molar-refractivity contribution >= 4 is 522 Å². The smallest absolute Gasteiger partial charge is 0.180 e. The zero-order valence-corrected chi connectivity index (χ0v) is 61.1. The second-order valence-corrected chi connectivity index (χ2v) is 33.4. The summed E-state index contributed by atoms with van der Waals surface area (Å²) in [5.41, 5.74) is 0. The molecule has 0 aliphatic heterocycles. The molecule has 1 nitrogen and oxygen atoms in total. The van der Waals surface area contributed by atoms with Gasteiger partial charge in [0.2, 0.25) is 0 Å². The number of alkyl halides is 45. The van der Waals surface area contributed by atoms with Crippen molar-refractivity contribution < 1.29 is 5.11 Å². The van der Waals surface area contributed by atoms with Crippen molar-refractivity contribution in [3.05, 3.63) is 0 Å². The molecule has 0 amide bonds. The van der Waals surface area contributed by atoms with E-state index in [9.17, 15) is 0 Å². The van der Waals surface area contributed by atoms with Gasteiger partial charge in [0.15, 0.2) is 64.4 Å². The van der Waals surface area contributed by atoms with Gasteiger partial charge in [-0.3, -0.25) is 0 Å². The van der Waals surface area contributed by atoms with Gasteiger partial charge >= 0.3 is 0 Å². The molecule has 0 aliphatic carbocycles. The van der Waals surface area contributed by atoms with Gasteiger partial charge in [0.1, 0.15) is 0 Å². The maximum atomic E-state index is 7.00. The molecule has 1 N–H and O–H groups in total. The summed E-state index contributed by atoms with van der Waals surface area (Å²) >= 11 is 216. The molecule has 0 atom stereocenters. The molecule has 0 rings (SSSR count). The summed E-state index contributed by atoms with van der Waals surface area (Å²) in [7, 11) is 1.00. The summed E-state index contributed by atoms with van der Waals surface area (Å²) in [5, 5.41) is 7.00. The highest BCUT2D eigenvalue weighted by Crippen LogP contribution is 2.09. The third-order valence-corrected chi connectivity index (χ3v) is 0. The predicted molar refractivity (Wildman–Crippen MR) is 328 cm³/mol. The quantitative estimate of drug-likeness (QED) is 0.240. The first-order valence-electron chi connectivity index (χ1n) is 10.3. The van der Waals surface area contributed by atoms with E-state index in [0.29, 0.717) is 0 Å². The molecule has 0 bridgehead atoms. The van der Waals surface area contributed by atoms with Gasteiger partial charge in [-0.15, -0.1) is 0 Å². The van der Waals surface area contributed by atoms with Gasteiger partial charge in [-0.1, -0.05) is 522 Å². The van der Waals surface area contributed by atoms with Crippen molar-refractivity contribution in [3.8, 4) is 0 Å². The molecular weight excluding hydrogens is 1800 g/mol. The molecule has 404 valence electrons. The van der Waals surface area contributed by atoms with E-state index in [2.05, 4.69) is 0 Å². The third kappa shape index (κ3) is 2240. The van der Waals surface area contributed by atoms with Crippen LogP contribution < -0.4 is 0 Å². The third-order valence-electron chi connectivity index (χ3n) is 0. The molecule has 0 aromatic heterocycles. The predicted octanol–water partition coefficient (Wildman–Crippen LogP) is 29.4. The Labute approximate surface area is 588 Å². The van der Waals surface area contributed by atoms with E-state index in [-0.39, 0.29) is 0 Å². The summed E-state index contributed by atoms with van der Waals surface area (Å²) in [4.78, 5) is 0. The topological polar surface area (TPSA) is 20.2 Å². The lowest BCUT2D eigenvalue weighted by Crippen LogP contribution is -1.55. The summed E-state index contributed by atoms with van der Waals surface area (Å²) < 4.78 is -11.2. The lowest BCUT2D eigenvalue weighted by Gasteiger charge is -1.69. The van der Waals surface area contributed by atoms with Crippen LogP contribution in [0.1, 0.15) is 0 Å². The van der Waals surface area contributed by atoms with Crippen molar-refractivity contribution in [3.63, 3.8) is 0 Å². The molecule has 0 aliphatic rings. The van der Waals surface area contributed by atoms with E-state index in [1.807, 2.05) is 0 Å². The van der Waals surface area contributed by atoms with Gasteiger partial charge in [0.25, 0.3) is 0 Å². The number of rotatable bonds is 0. The van der Waals surface area contributed by atoms with Gasteiger partial charge in [0, 0.05) is 7.11 Å². The molecule has 0 radical (unpaired) electrons. The Balaban J connectivity index is -0.0000000260. The van der Waals surface area contributed by atoms with Crippen LogP contribution in [-0.4, -0.2) is 76.6 Å². The van der Waals surface area contributed by atoms with Crippen LogP contribution in [0.3, 0.4) is 0 Å². The van der Waals surface area contributed by atoms with Crippen molar-refractivity contribution in [1.82, 2.24) is 0 Å². The van der Waals surface area contributed by atoms with E-state index in [1.165, 1.54) is 0 Å². The Bertz CT molecular complexity index is 305. The average molecular weight is 1820 g/mol. The van der Waals surface area contributed by atoms with Crippen LogP contribution in [0.2, 0.25) is 0 Å². The second kappa shape index (κ2) is 117. The van der Waals surface area contributed by atoms with Gasteiger partial charge in [0.05, 0.1) is 0 Å². The molecule has 62 heavy (non-hydrogen) atoms. The molecule has 0 saturated heterocycles. The van der Waals surface area contributed by atoms with Crippen LogP contribution >= 0.6 is 522 Å². The molecule has 0 aromatic carbocycles. The van der Waals surface area contributed by atoms with Crippen LogP contribution in [0.5, 0.6) is 0 Å². The van der Waals surface area contributed by atoms with Crippen molar-refractivity contribution in [1.29, 1.82) is 0 Å². The Morgan fingerprint density at radius 2 is 0.113 bits per heavy atom. The van der Waals surface area contributed by atoms with Crippen molar-refractivity contribution in [2.45, 2.75) is 64.4 Å². The maximum Gasteiger partial charge on any atom is 0.180 e. The lowest BCUT2D eigenvalue weighted by atomic mass is 11.8. The molecule has 0 spiro atoms. The Morgan fingerprint density at radius 1 is 0.113 bits per heavy atom. The van der Waals surface area contributed by atoms with Crippen LogP contribution in [0.15, 0.2) is 0 Å². The summed E-state index contributed by atoms with van der Waals surface area (Å²) in [6.07, 6.45) is 0. The monoisotopic (exact) mass is 1800 g/mol. The van der Waals surface area contributed by atoms with Crippen LogP contribution in [0, 0.1) is 0 Å². The largest absolute Gasteiger partial charge is 0.400 e. The Kier molecular flexibility index (Phi) is 223. The van der Waals surface area contributed by atoms with Crippen molar-refractivity contribution in [2.24, 2.45) is 0 Å². The van der Waals surface area contributed by atoms with Gasteiger partial charge in [-0.25, -0.2) is 0 Å². The summed E-state index contributed by atoms with van der Waals surface area (Å²) in [6, 6.07) is 0. The fourth-order valence-corrected chi connectivity index (χ4v) is 0. The summed E-state index contributed by atoms with van der Waals surface area (Å²) in [5.74, 6) is 0. The minimum Gasteiger partial charge on any atom is -0.400 e. The van der Waals surface area contributed by atoms with E-state index >= 15 is 0 Å². The van der Waals surface area contributed by atoms with Crippen LogP contribution in [0.4, 0.5) is 0 Å². The molecule has 0 saturated carbocycles. The van der Waals surface area contributed by atoms with E-state index in [1.54, 1.807) is 0 Å².